The Balaban J connectivity index is 1.74. The van der Waals surface area contributed by atoms with Gasteiger partial charge in [0.05, 0.1) is 13.2 Å². The molecule has 0 aromatic carbocycles. The van der Waals surface area contributed by atoms with Gasteiger partial charge >= 0.3 is 0 Å². The SMILES string of the molecule is CCNC(=NCC1(CCO)CCOC1)NCCC(=O)NC1CCCCC1. The maximum absolute atomic E-state index is 12.1. The van der Waals surface area contributed by atoms with Gasteiger partial charge in [0.1, 0.15) is 0 Å². The first-order chi connectivity index (χ1) is 12.7. The average Bonchev–Trinajstić information content (AvgIpc) is 3.10. The normalized spacial score (nSPS) is 24.5. The lowest BCUT2D eigenvalue weighted by Crippen LogP contribution is -2.42. The minimum atomic E-state index is -0.0601. The van der Waals surface area contributed by atoms with Crippen LogP contribution in [0.3, 0.4) is 0 Å². The molecule has 1 unspecified atom stereocenters. The van der Waals surface area contributed by atoms with Gasteiger partial charge in [0, 0.05) is 44.2 Å². The molecule has 0 aromatic heterocycles. The Morgan fingerprint density at radius 1 is 1.27 bits per heavy atom. The molecule has 1 aliphatic heterocycles. The van der Waals surface area contributed by atoms with E-state index in [4.69, 9.17) is 4.74 Å². The lowest BCUT2D eigenvalue weighted by Gasteiger charge is -2.25. The maximum Gasteiger partial charge on any atom is 0.221 e. The molecule has 2 fully saturated rings. The Morgan fingerprint density at radius 3 is 2.73 bits per heavy atom. The molecular formula is C19H36N4O3. The maximum atomic E-state index is 12.1. The molecule has 0 aromatic rings. The standard InChI is InChI=1S/C19H36N4O3/c1-2-20-18(22-14-19(9-12-24)10-13-26-15-19)21-11-8-17(25)23-16-6-4-3-5-7-16/h16,24H,2-15H2,1H3,(H,23,25)(H2,20,21,22). The van der Waals surface area contributed by atoms with Crippen molar-refractivity contribution in [1.29, 1.82) is 0 Å². The van der Waals surface area contributed by atoms with Crippen molar-refractivity contribution < 1.29 is 14.6 Å². The van der Waals surface area contributed by atoms with Crippen LogP contribution >= 0.6 is 0 Å². The lowest BCUT2D eigenvalue weighted by atomic mass is 9.84. The Bertz CT molecular complexity index is 444. The first-order valence-corrected chi connectivity index (χ1v) is 10.2. The van der Waals surface area contributed by atoms with E-state index < -0.39 is 0 Å². The highest BCUT2D eigenvalue weighted by molar-refractivity contribution is 5.81. The van der Waals surface area contributed by atoms with E-state index in [0.29, 0.717) is 38.6 Å². The predicted molar refractivity (Wildman–Crippen MR) is 103 cm³/mol. The van der Waals surface area contributed by atoms with Crippen molar-refractivity contribution in [2.45, 2.75) is 64.3 Å². The number of hydrogen-bond donors (Lipinski definition) is 4. The number of nitrogens with zero attached hydrogens (tertiary/aromatic N) is 1. The molecular weight excluding hydrogens is 332 g/mol. The van der Waals surface area contributed by atoms with Gasteiger partial charge in [-0.2, -0.15) is 0 Å². The summed E-state index contributed by atoms with van der Waals surface area (Å²) in [7, 11) is 0. The van der Waals surface area contributed by atoms with Crippen molar-refractivity contribution in [2.24, 2.45) is 10.4 Å². The van der Waals surface area contributed by atoms with Crippen LogP contribution in [0.15, 0.2) is 4.99 Å². The van der Waals surface area contributed by atoms with Crippen molar-refractivity contribution in [1.82, 2.24) is 16.0 Å². The number of aliphatic hydroxyl groups is 1. The van der Waals surface area contributed by atoms with Crippen LogP contribution in [0.2, 0.25) is 0 Å². The van der Waals surface area contributed by atoms with E-state index in [1.165, 1.54) is 19.3 Å². The van der Waals surface area contributed by atoms with E-state index in [0.717, 1.165) is 38.4 Å². The molecule has 26 heavy (non-hydrogen) atoms. The molecule has 0 radical (unpaired) electrons. The monoisotopic (exact) mass is 368 g/mol. The summed E-state index contributed by atoms with van der Waals surface area (Å²) in [6.45, 7) is 5.52. The molecule has 0 spiro atoms. The summed E-state index contributed by atoms with van der Waals surface area (Å²) in [5, 5.41) is 18.9. The average molecular weight is 369 g/mol. The summed E-state index contributed by atoms with van der Waals surface area (Å²) >= 11 is 0. The number of carbonyl (C=O) groups is 1. The number of amides is 1. The number of rotatable bonds is 9. The fourth-order valence-corrected chi connectivity index (χ4v) is 3.72. The van der Waals surface area contributed by atoms with E-state index in [2.05, 4.69) is 20.9 Å². The van der Waals surface area contributed by atoms with Gasteiger partial charge < -0.3 is 25.8 Å². The smallest absolute Gasteiger partial charge is 0.221 e. The quantitative estimate of drug-likeness (QED) is 0.362. The number of aliphatic imine (C=N–C) groups is 1. The van der Waals surface area contributed by atoms with Gasteiger partial charge in [-0.1, -0.05) is 19.3 Å². The largest absolute Gasteiger partial charge is 0.396 e. The number of nitrogens with one attached hydrogen (secondary N) is 3. The first kappa shape index (κ1) is 21.0. The minimum absolute atomic E-state index is 0.0601. The fourth-order valence-electron chi connectivity index (χ4n) is 3.72. The van der Waals surface area contributed by atoms with E-state index in [9.17, 15) is 9.90 Å². The Hall–Kier alpha value is -1.34. The van der Waals surface area contributed by atoms with Crippen LogP contribution in [0, 0.1) is 5.41 Å². The second kappa shape index (κ2) is 11.4. The van der Waals surface area contributed by atoms with Gasteiger partial charge in [-0.05, 0) is 32.6 Å². The topological polar surface area (TPSA) is 95.0 Å². The molecule has 7 heteroatoms. The number of aliphatic hydroxyl groups excluding tert-OH is 1. The predicted octanol–water partition coefficient (Wildman–Crippen LogP) is 1.17. The third-order valence-corrected chi connectivity index (χ3v) is 5.36. The van der Waals surface area contributed by atoms with Gasteiger partial charge in [0.15, 0.2) is 5.96 Å². The molecule has 150 valence electrons. The molecule has 0 bridgehead atoms. The molecule has 7 nitrogen and oxygen atoms in total. The summed E-state index contributed by atoms with van der Waals surface area (Å²) < 4.78 is 5.52. The molecule has 4 N–H and O–H groups in total. The van der Waals surface area contributed by atoms with Crippen molar-refractivity contribution in [2.75, 3.05) is 39.5 Å². The Morgan fingerprint density at radius 2 is 2.08 bits per heavy atom. The summed E-state index contributed by atoms with van der Waals surface area (Å²) in [5.41, 5.74) is -0.0601. The Labute approximate surface area is 157 Å². The molecule has 1 amide bonds. The van der Waals surface area contributed by atoms with Crippen LogP contribution in [0.1, 0.15) is 58.3 Å². The van der Waals surface area contributed by atoms with Crippen LogP contribution in [0.4, 0.5) is 0 Å². The zero-order valence-electron chi connectivity index (χ0n) is 16.2. The number of hydrogen-bond acceptors (Lipinski definition) is 4. The highest BCUT2D eigenvalue weighted by Crippen LogP contribution is 2.32. The Kier molecular flexibility index (Phi) is 9.18. The minimum Gasteiger partial charge on any atom is -0.396 e. The van der Waals surface area contributed by atoms with Gasteiger partial charge in [-0.25, -0.2) is 0 Å². The summed E-state index contributed by atoms with van der Waals surface area (Å²) in [5.74, 6) is 0.836. The summed E-state index contributed by atoms with van der Waals surface area (Å²) in [6.07, 6.45) is 8.04. The molecule has 2 rings (SSSR count). The van der Waals surface area contributed by atoms with Crippen LogP contribution in [-0.2, 0) is 9.53 Å². The van der Waals surface area contributed by atoms with Crippen LogP contribution in [-0.4, -0.2) is 62.5 Å². The third kappa shape index (κ3) is 7.11. The fraction of sp³-hybridized carbons (Fsp3) is 0.895. The van der Waals surface area contributed by atoms with Gasteiger partial charge in [0.25, 0.3) is 0 Å². The number of ether oxygens (including phenoxy) is 1. The molecule has 1 atom stereocenters. The van der Waals surface area contributed by atoms with Crippen molar-refractivity contribution in [3.8, 4) is 0 Å². The van der Waals surface area contributed by atoms with Crippen molar-refractivity contribution in [3.05, 3.63) is 0 Å². The summed E-state index contributed by atoms with van der Waals surface area (Å²) in [4.78, 5) is 16.8. The highest BCUT2D eigenvalue weighted by atomic mass is 16.5. The van der Waals surface area contributed by atoms with Crippen molar-refractivity contribution >= 4 is 11.9 Å². The zero-order chi connectivity index (χ0) is 18.7. The third-order valence-electron chi connectivity index (χ3n) is 5.36. The van der Waals surface area contributed by atoms with Crippen LogP contribution in [0.25, 0.3) is 0 Å². The van der Waals surface area contributed by atoms with Gasteiger partial charge in [-0.3, -0.25) is 9.79 Å². The molecule has 1 aliphatic carbocycles. The second-order valence-electron chi connectivity index (χ2n) is 7.55. The van der Waals surface area contributed by atoms with Crippen LogP contribution in [0.5, 0.6) is 0 Å². The molecule has 1 saturated heterocycles. The van der Waals surface area contributed by atoms with E-state index in [-0.39, 0.29) is 17.9 Å². The van der Waals surface area contributed by atoms with Crippen molar-refractivity contribution in [3.63, 3.8) is 0 Å². The summed E-state index contributed by atoms with van der Waals surface area (Å²) in [6, 6.07) is 0.360. The number of guanidine groups is 1. The molecule has 2 aliphatic rings. The first-order valence-electron chi connectivity index (χ1n) is 10.2. The zero-order valence-corrected chi connectivity index (χ0v) is 16.2. The van der Waals surface area contributed by atoms with E-state index in [1.807, 2.05) is 6.92 Å². The highest BCUT2D eigenvalue weighted by Gasteiger charge is 2.34. The molecule has 1 saturated carbocycles. The second-order valence-corrected chi connectivity index (χ2v) is 7.55. The molecule has 1 heterocycles. The van der Waals surface area contributed by atoms with Crippen LogP contribution < -0.4 is 16.0 Å². The van der Waals surface area contributed by atoms with E-state index in [1.54, 1.807) is 0 Å². The van der Waals surface area contributed by atoms with Gasteiger partial charge in [-0.15, -0.1) is 0 Å². The van der Waals surface area contributed by atoms with Gasteiger partial charge in [0.2, 0.25) is 5.91 Å². The lowest BCUT2D eigenvalue weighted by molar-refractivity contribution is -0.121. The van der Waals surface area contributed by atoms with E-state index >= 15 is 0 Å². The number of carbonyl (C=O) groups excluding carboxylic acids is 1.